The van der Waals surface area contributed by atoms with Crippen molar-refractivity contribution in [2.45, 2.75) is 76.2 Å². The first-order valence-corrected chi connectivity index (χ1v) is 11.2. The van der Waals surface area contributed by atoms with Crippen molar-refractivity contribution < 1.29 is 18.3 Å². The highest BCUT2D eigenvalue weighted by atomic mass is 19.1. The summed E-state index contributed by atoms with van der Waals surface area (Å²) in [5, 5.41) is 17.3. The summed E-state index contributed by atoms with van der Waals surface area (Å²) in [5.41, 5.74) is 0.968. The molecular weight excluding hydrogens is 398 g/mol. The molecular formula is C25H28F2N2O2. The Balaban J connectivity index is 1.39. The molecule has 0 bridgehead atoms. The van der Waals surface area contributed by atoms with Crippen LogP contribution in [-0.2, 0) is 9.53 Å². The number of ether oxygens (including phenoxy) is 1. The third kappa shape index (κ3) is 6.37. The fraction of sp³-hybridized carbons (Fsp3) is 0.560. The van der Waals surface area contributed by atoms with Gasteiger partial charge in [-0.05, 0) is 99.8 Å². The van der Waals surface area contributed by atoms with Crippen LogP contribution < -0.4 is 0 Å². The zero-order valence-corrected chi connectivity index (χ0v) is 17.7. The normalized spacial score (nSPS) is 26.5. The van der Waals surface area contributed by atoms with Crippen LogP contribution in [0.25, 0.3) is 0 Å². The summed E-state index contributed by atoms with van der Waals surface area (Å²) in [6, 6.07) is 8.14. The van der Waals surface area contributed by atoms with E-state index in [-0.39, 0.29) is 29.5 Å². The maximum Gasteiger partial charge on any atom is 0.309 e. The molecule has 6 heteroatoms. The first-order valence-electron chi connectivity index (χ1n) is 11.2. The average molecular weight is 427 g/mol. The minimum atomic E-state index is -0.726. The minimum absolute atomic E-state index is 0.0619. The lowest BCUT2D eigenvalue weighted by atomic mass is 9.79. The van der Waals surface area contributed by atoms with Crippen molar-refractivity contribution in [3.8, 4) is 12.1 Å². The van der Waals surface area contributed by atoms with E-state index in [1.165, 1.54) is 24.3 Å². The van der Waals surface area contributed by atoms with E-state index in [1.54, 1.807) is 0 Å². The molecule has 1 aromatic rings. The number of halogens is 2. The number of hydrogen-bond donors (Lipinski definition) is 0. The SMILES string of the molecule is N#C/C(F)=C\CCC1CCC(C(=O)OC2CCC(c3ccc(C#N)c(F)c3)CC2)CC1. The smallest absolute Gasteiger partial charge is 0.309 e. The number of esters is 1. The summed E-state index contributed by atoms with van der Waals surface area (Å²) in [7, 11) is 0. The maximum absolute atomic E-state index is 13.9. The van der Waals surface area contributed by atoms with E-state index in [1.807, 2.05) is 12.1 Å². The third-order valence-corrected chi connectivity index (χ3v) is 6.73. The fourth-order valence-corrected chi connectivity index (χ4v) is 4.83. The lowest BCUT2D eigenvalue weighted by Gasteiger charge is -2.31. The topological polar surface area (TPSA) is 73.9 Å². The molecule has 1 aromatic carbocycles. The van der Waals surface area contributed by atoms with Gasteiger partial charge in [-0.3, -0.25) is 4.79 Å². The van der Waals surface area contributed by atoms with E-state index in [0.717, 1.165) is 63.4 Å². The van der Waals surface area contributed by atoms with Crippen molar-refractivity contribution in [1.29, 1.82) is 10.5 Å². The van der Waals surface area contributed by atoms with Crippen molar-refractivity contribution in [2.24, 2.45) is 11.8 Å². The number of rotatable bonds is 6. The van der Waals surface area contributed by atoms with Gasteiger partial charge in [-0.2, -0.15) is 14.9 Å². The summed E-state index contributed by atoms with van der Waals surface area (Å²) < 4.78 is 32.5. The summed E-state index contributed by atoms with van der Waals surface area (Å²) in [6.07, 6.45) is 9.33. The zero-order valence-electron chi connectivity index (χ0n) is 17.7. The zero-order chi connectivity index (χ0) is 22.2. The maximum atomic E-state index is 13.9. The Morgan fingerprint density at radius 3 is 2.42 bits per heavy atom. The molecule has 0 unspecified atom stereocenters. The quantitative estimate of drug-likeness (QED) is 0.399. The number of carbonyl (C=O) groups is 1. The Morgan fingerprint density at radius 1 is 1.10 bits per heavy atom. The molecule has 2 saturated carbocycles. The standard InChI is InChI=1S/C25H28F2N2O2/c26-22(16-29)3-1-2-17-4-6-19(7-5-17)25(30)31-23-12-10-18(11-13-23)20-8-9-21(15-28)24(27)14-20/h3,8-9,14,17-19,23H,1-2,4-7,10-13H2/b22-3+. The molecule has 0 radical (unpaired) electrons. The van der Waals surface area contributed by atoms with Gasteiger partial charge in [0, 0.05) is 0 Å². The number of nitriles is 2. The largest absolute Gasteiger partial charge is 0.462 e. The lowest BCUT2D eigenvalue weighted by molar-refractivity contribution is -0.157. The van der Waals surface area contributed by atoms with E-state index in [0.29, 0.717) is 12.3 Å². The number of benzene rings is 1. The van der Waals surface area contributed by atoms with Gasteiger partial charge in [-0.15, -0.1) is 0 Å². The average Bonchev–Trinajstić information content (AvgIpc) is 2.79. The van der Waals surface area contributed by atoms with Crippen LogP contribution in [0.3, 0.4) is 0 Å². The second kappa shape index (κ2) is 11.0. The summed E-state index contributed by atoms with van der Waals surface area (Å²) in [4.78, 5) is 12.6. The first kappa shape index (κ1) is 22.9. The van der Waals surface area contributed by atoms with Gasteiger partial charge in [0.25, 0.3) is 0 Å². The molecule has 164 valence electrons. The molecule has 0 spiro atoms. The van der Waals surface area contributed by atoms with Gasteiger partial charge in [0.15, 0.2) is 5.83 Å². The molecule has 0 heterocycles. The molecule has 31 heavy (non-hydrogen) atoms. The Labute approximate surface area is 182 Å². The monoisotopic (exact) mass is 426 g/mol. The number of allylic oxidation sites excluding steroid dienone is 2. The van der Waals surface area contributed by atoms with Crippen LogP contribution in [0.4, 0.5) is 8.78 Å². The van der Waals surface area contributed by atoms with Gasteiger partial charge in [0.05, 0.1) is 11.5 Å². The number of hydrogen-bond acceptors (Lipinski definition) is 4. The van der Waals surface area contributed by atoms with E-state index in [4.69, 9.17) is 15.3 Å². The molecule has 0 atom stereocenters. The van der Waals surface area contributed by atoms with Crippen LogP contribution in [0, 0.1) is 40.3 Å². The van der Waals surface area contributed by atoms with Gasteiger partial charge >= 0.3 is 5.97 Å². The summed E-state index contributed by atoms with van der Waals surface area (Å²) in [5.74, 6) is -0.677. The van der Waals surface area contributed by atoms with Gasteiger partial charge in [0.1, 0.15) is 24.1 Å². The van der Waals surface area contributed by atoms with Crippen molar-refractivity contribution in [3.05, 3.63) is 47.0 Å². The van der Waals surface area contributed by atoms with Crippen molar-refractivity contribution in [2.75, 3.05) is 0 Å². The highest BCUT2D eigenvalue weighted by Gasteiger charge is 2.31. The Hall–Kier alpha value is -2.73. The van der Waals surface area contributed by atoms with Crippen LogP contribution in [-0.4, -0.2) is 12.1 Å². The number of carbonyl (C=O) groups excluding carboxylic acids is 1. The van der Waals surface area contributed by atoms with E-state index in [2.05, 4.69) is 0 Å². The lowest BCUT2D eigenvalue weighted by Crippen LogP contribution is -2.29. The predicted octanol–water partition coefficient (Wildman–Crippen LogP) is 6.23. The second-order valence-electron chi connectivity index (χ2n) is 8.72. The number of nitrogens with zero attached hydrogens (tertiary/aromatic N) is 2. The van der Waals surface area contributed by atoms with E-state index < -0.39 is 11.6 Å². The van der Waals surface area contributed by atoms with Crippen LogP contribution in [0.15, 0.2) is 30.1 Å². The Bertz CT molecular complexity index is 884. The van der Waals surface area contributed by atoms with Crippen LogP contribution in [0.1, 0.15) is 81.3 Å². The predicted molar refractivity (Wildman–Crippen MR) is 112 cm³/mol. The van der Waals surface area contributed by atoms with Gasteiger partial charge in [-0.25, -0.2) is 4.39 Å². The van der Waals surface area contributed by atoms with Crippen molar-refractivity contribution >= 4 is 5.97 Å². The van der Waals surface area contributed by atoms with E-state index >= 15 is 0 Å². The van der Waals surface area contributed by atoms with Gasteiger partial charge in [-0.1, -0.05) is 6.07 Å². The van der Waals surface area contributed by atoms with Gasteiger partial charge in [0.2, 0.25) is 0 Å². The Morgan fingerprint density at radius 2 is 1.81 bits per heavy atom. The van der Waals surface area contributed by atoms with Crippen LogP contribution in [0.2, 0.25) is 0 Å². The highest BCUT2D eigenvalue weighted by molar-refractivity contribution is 5.72. The molecule has 2 fully saturated rings. The molecule has 0 saturated heterocycles. The molecule has 2 aliphatic carbocycles. The summed E-state index contributed by atoms with van der Waals surface area (Å²) >= 11 is 0. The molecule has 4 nitrogen and oxygen atoms in total. The van der Waals surface area contributed by atoms with E-state index in [9.17, 15) is 13.6 Å². The van der Waals surface area contributed by atoms with Crippen molar-refractivity contribution in [1.82, 2.24) is 0 Å². The van der Waals surface area contributed by atoms with Crippen LogP contribution in [0.5, 0.6) is 0 Å². The molecule has 2 aliphatic rings. The molecule has 0 aliphatic heterocycles. The molecule has 3 rings (SSSR count). The van der Waals surface area contributed by atoms with Gasteiger partial charge < -0.3 is 4.74 Å². The second-order valence-corrected chi connectivity index (χ2v) is 8.72. The fourth-order valence-electron chi connectivity index (χ4n) is 4.83. The Kier molecular flexibility index (Phi) is 8.18. The molecule has 0 amide bonds. The van der Waals surface area contributed by atoms with Crippen molar-refractivity contribution in [3.63, 3.8) is 0 Å². The highest BCUT2D eigenvalue weighted by Crippen LogP contribution is 2.36. The molecule has 0 N–H and O–H groups in total. The molecule has 0 aromatic heterocycles. The first-order chi connectivity index (χ1) is 15.0. The summed E-state index contributed by atoms with van der Waals surface area (Å²) in [6.45, 7) is 0. The minimum Gasteiger partial charge on any atom is -0.462 e. The third-order valence-electron chi connectivity index (χ3n) is 6.73. The van der Waals surface area contributed by atoms with Crippen LogP contribution >= 0.6 is 0 Å².